The zero-order valence-electron chi connectivity index (χ0n) is 17.3. The van der Waals surface area contributed by atoms with Crippen molar-refractivity contribution < 1.29 is 51.0 Å². The molecule has 0 fully saturated rings. The van der Waals surface area contributed by atoms with Crippen LogP contribution in [0.4, 0.5) is 0 Å². The van der Waals surface area contributed by atoms with Crippen molar-refractivity contribution >= 4 is 27.1 Å². The Kier molecular flexibility index (Phi) is 11.1. The Labute approximate surface area is 201 Å². The molecule has 1 aliphatic carbocycles. The first-order valence-corrected chi connectivity index (χ1v) is 9.18. The van der Waals surface area contributed by atoms with Crippen molar-refractivity contribution in [1.29, 1.82) is 0 Å². The zero-order valence-corrected chi connectivity index (χ0v) is 21.3. The molecule has 0 aliphatic heterocycles. The average molecular weight is 491 g/mol. The van der Waals surface area contributed by atoms with Crippen LogP contribution in [0, 0.1) is 6.42 Å². The van der Waals surface area contributed by atoms with E-state index in [0.29, 0.717) is 0 Å². The first-order chi connectivity index (χ1) is 12.0. The van der Waals surface area contributed by atoms with E-state index < -0.39 is 0 Å². The third-order valence-corrected chi connectivity index (χ3v) is 4.71. The molecule has 0 bridgehead atoms. The maximum absolute atomic E-state index is 2.40. The van der Waals surface area contributed by atoms with E-state index >= 15 is 0 Å². The van der Waals surface area contributed by atoms with Gasteiger partial charge in [-0.25, -0.2) is 0 Å². The molecule has 0 unspecified atom stereocenters. The molecule has 1 aliphatic rings. The van der Waals surface area contributed by atoms with Crippen LogP contribution in [0.5, 0.6) is 0 Å². The maximum atomic E-state index is 2.40. The predicted molar refractivity (Wildman–Crippen MR) is 113 cm³/mol. The summed E-state index contributed by atoms with van der Waals surface area (Å²) in [6, 6.07) is 15.9. The molecule has 28 heavy (non-hydrogen) atoms. The third-order valence-electron chi connectivity index (χ3n) is 4.71. The summed E-state index contributed by atoms with van der Waals surface area (Å²) in [7, 11) is 0. The van der Waals surface area contributed by atoms with Crippen LogP contribution in [-0.4, -0.2) is 0 Å². The van der Waals surface area contributed by atoms with Gasteiger partial charge in [-0.2, -0.15) is 13.8 Å². The van der Waals surface area contributed by atoms with Gasteiger partial charge in [0.05, 0.1) is 0 Å². The first-order valence-electron chi connectivity index (χ1n) is 9.18. The minimum absolute atomic E-state index is 0. The normalized spacial score (nSPS) is 12.4. The van der Waals surface area contributed by atoms with E-state index in [-0.39, 0.29) is 56.4 Å². The van der Waals surface area contributed by atoms with Gasteiger partial charge in [0.15, 0.2) is 0 Å². The average Bonchev–Trinajstić information content (AvgIpc) is 3.21. The number of benzene rings is 2. The maximum Gasteiger partial charge on any atom is 4.00 e. The summed E-state index contributed by atoms with van der Waals surface area (Å²) in [5.74, 6) is 0. The molecule has 3 heteroatoms. The van der Waals surface area contributed by atoms with Gasteiger partial charge in [0, 0.05) is 0 Å². The van der Waals surface area contributed by atoms with Crippen molar-refractivity contribution in [2.75, 3.05) is 0 Å². The van der Waals surface area contributed by atoms with E-state index in [1.807, 2.05) is 20.3 Å². The minimum Gasteiger partial charge on any atom is -1.00 e. The Balaban J connectivity index is 0.00000115. The van der Waals surface area contributed by atoms with Gasteiger partial charge in [-0.1, -0.05) is 86.0 Å². The Bertz CT molecular complexity index is 956. The van der Waals surface area contributed by atoms with Gasteiger partial charge < -0.3 is 31.2 Å². The van der Waals surface area contributed by atoms with Crippen molar-refractivity contribution in [2.24, 2.45) is 0 Å². The van der Waals surface area contributed by atoms with Crippen LogP contribution in [0.3, 0.4) is 0 Å². The largest absolute Gasteiger partial charge is 4.00 e. The molecule has 4 rings (SSSR count). The molecule has 0 heterocycles. The van der Waals surface area contributed by atoms with Gasteiger partial charge in [-0.15, -0.1) is 33.7 Å². The van der Waals surface area contributed by atoms with E-state index in [4.69, 9.17) is 0 Å². The fraction of sp³-hybridized carbons (Fsp3) is 0.280. The topological polar surface area (TPSA) is 0 Å². The third kappa shape index (κ3) is 5.65. The van der Waals surface area contributed by atoms with Crippen LogP contribution in [0.25, 0.3) is 27.1 Å². The van der Waals surface area contributed by atoms with Crippen molar-refractivity contribution in [1.82, 2.24) is 0 Å². The monoisotopic (exact) mass is 488 g/mol. The molecule has 3 aromatic rings. The standard InChI is InChI=1S/C22H21.C3H7.2ClH.Zr/c1-22(2,3)17-13-19(15-8-4-5-9-15)20-12-16-10-6-7-11-18(16)21(20)14-17;1-3-2;;;/h4-8,10-14H,9H2,1-3H3;3H,1-2H3;2*1H;/q2*-1;;;+4/p-2. The van der Waals surface area contributed by atoms with Crippen LogP contribution < -0.4 is 24.8 Å². The second kappa shape index (κ2) is 11.4. The molecule has 0 atom stereocenters. The summed E-state index contributed by atoms with van der Waals surface area (Å²) in [6.07, 6.45) is 9.73. The molecular formula is C25H28Cl2Zr. The molecule has 0 saturated carbocycles. The van der Waals surface area contributed by atoms with E-state index in [2.05, 4.69) is 81.5 Å². The van der Waals surface area contributed by atoms with Crippen molar-refractivity contribution in [2.45, 2.75) is 46.5 Å². The summed E-state index contributed by atoms with van der Waals surface area (Å²) in [5.41, 5.74) is 4.42. The van der Waals surface area contributed by atoms with Gasteiger partial charge >= 0.3 is 26.2 Å². The zero-order chi connectivity index (χ0) is 18.0. The number of halogens is 2. The summed E-state index contributed by atoms with van der Waals surface area (Å²) in [6.45, 7) is 10.9. The summed E-state index contributed by atoms with van der Waals surface area (Å²) in [4.78, 5) is 0. The summed E-state index contributed by atoms with van der Waals surface area (Å²) >= 11 is 0. The summed E-state index contributed by atoms with van der Waals surface area (Å²) in [5, 5.41) is 5.50. The molecule has 0 N–H and O–H groups in total. The van der Waals surface area contributed by atoms with E-state index in [1.165, 1.54) is 38.2 Å². The van der Waals surface area contributed by atoms with Crippen molar-refractivity contribution in [3.05, 3.63) is 78.2 Å². The Morgan fingerprint density at radius 3 is 2.18 bits per heavy atom. The molecular weight excluding hydrogens is 462 g/mol. The quantitative estimate of drug-likeness (QED) is 0.455. The molecule has 0 aromatic heterocycles. The van der Waals surface area contributed by atoms with Crippen molar-refractivity contribution in [3.63, 3.8) is 0 Å². The van der Waals surface area contributed by atoms with Crippen molar-refractivity contribution in [3.8, 4) is 0 Å². The van der Waals surface area contributed by atoms with Gasteiger partial charge in [0.25, 0.3) is 0 Å². The Hall–Kier alpha value is -0.747. The van der Waals surface area contributed by atoms with Crippen LogP contribution in [-0.2, 0) is 31.6 Å². The minimum atomic E-state index is 0. The van der Waals surface area contributed by atoms with Crippen LogP contribution in [0.1, 0.15) is 52.2 Å². The number of hydrogen-bond acceptors (Lipinski definition) is 0. The molecule has 146 valence electrons. The van der Waals surface area contributed by atoms with Crippen LogP contribution in [0.15, 0.2) is 60.7 Å². The fourth-order valence-electron chi connectivity index (χ4n) is 3.40. The molecule has 0 saturated heterocycles. The number of allylic oxidation sites excluding steroid dienone is 4. The Morgan fingerprint density at radius 2 is 1.61 bits per heavy atom. The molecule has 3 aromatic carbocycles. The number of fused-ring (bicyclic) bond motifs is 3. The SMILES string of the molecule is CC(C)(C)c1cc(C2=CC=CC2)c2[cH-]c3ccccc3c2c1.C[CH-]C.[Cl-].[Cl-].[Zr+4]. The van der Waals surface area contributed by atoms with Gasteiger partial charge in [-0.05, 0) is 11.8 Å². The van der Waals surface area contributed by atoms with Crippen LogP contribution >= 0.6 is 0 Å². The van der Waals surface area contributed by atoms with Gasteiger partial charge in [0.1, 0.15) is 0 Å². The van der Waals surface area contributed by atoms with E-state index in [0.717, 1.165) is 6.42 Å². The fourth-order valence-corrected chi connectivity index (χ4v) is 3.40. The Morgan fingerprint density at radius 1 is 0.964 bits per heavy atom. The van der Waals surface area contributed by atoms with E-state index in [1.54, 1.807) is 0 Å². The molecule has 0 radical (unpaired) electrons. The second-order valence-electron chi connectivity index (χ2n) is 7.87. The summed E-state index contributed by atoms with van der Waals surface area (Å²) < 4.78 is 0. The number of rotatable bonds is 1. The van der Waals surface area contributed by atoms with E-state index in [9.17, 15) is 0 Å². The van der Waals surface area contributed by atoms with Gasteiger partial charge in [0.2, 0.25) is 0 Å². The molecule has 0 spiro atoms. The van der Waals surface area contributed by atoms with Gasteiger partial charge in [-0.3, -0.25) is 0 Å². The van der Waals surface area contributed by atoms with Crippen LogP contribution in [0.2, 0.25) is 0 Å². The predicted octanol–water partition coefficient (Wildman–Crippen LogP) is 1.59. The molecule has 0 nitrogen and oxygen atoms in total. The smallest absolute Gasteiger partial charge is 1.00 e. The second-order valence-corrected chi connectivity index (χ2v) is 7.87. The molecule has 0 amide bonds. The first kappa shape index (κ1) is 27.3. The number of hydrogen-bond donors (Lipinski definition) is 0.